The first-order valence-corrected chi connectivity index (χ1v) is 12.7. The van der Waals surface area contributed by atoms with Crippen LogP contribution in [0.25, 0.3) is 0 Å². The van der Waals surface area contributed by atoms with Crippen LogP contribution < -0.4 is 0 Å². The standard InChI is InChI=1S/C24H28N2O3S2/c1-2-3-16-26(31(28,29)23-14-8-5-9-15-23)20-24(27)25(19-22-13-10-17-30-22)18-21-11-6-4-7-12-21/h4-15,17H,2-3,16,18-20H2,1H3. The largest absolute Gasteiger partial charge is 0.332 e. The highest BCUT2D eigenvalue weighted by molar-refractivity contribution is 7.89. The molecule has 0 bridgehead atoms. The molecule has 0 saturated heterocycles. The van der Waals surface area contributed by atoms with Gasteiger partial charge in [-0.1, -0.05) is 67.9 Å². The van der Waals surface area contributed by atoms with Crippen LogP contribution in [0, 0.1) is 0 Å². The number of sulfonamides is 1. The van der Waals surface area contributed by atoms with Gasteiger partial charge in [0, 0.05) is 18.0 Å². The van der Waals surface area contributed by atoms with Crippen LogP contribution in [0.1, 0.15) is 30.2 Å². The van der Waals surface area contributed by atoms with E-state index in [1.165, 1.54) is 4.31 Å². The Morgan fingerprint density at radius 2 is 1.58 bits per heavy atom. The number of rotatable bonds is 11. The summed E-state index contributed by atoms with van der Waals surface area (Å²) < 4.78 is 27.8. The predicted octanol–water partition coefficient (Wildman–Crippen LogP) is 4.77. The first kappa shape index (κ1) is 23.2. The average molecular weight is 457 g/mol. The van der Waals surface area contributed by atoms with Crippen LogP contribution in [0.4, 0.5) is 0 Å². The van der Waals surface area contributed by atoms with Crippen molar-refractivity contribution in [2.45, 2.75) is 37.8 Å². The normalized spacial score (nSPS) is 11.5. The molecule has 0 aliphatic carbocycles. The number of hydrogen-bond donors (Lipinski definition) is 0. The minimum atomic E-state index is -3.75. The topological polar surface area (TPSA) is 57.7 Å². The summed E-state index contributed by atoms with van der Waals surface area (Å²) in [6.45, 7) is 3.05. The number of amides is 1. The van der Waals surface area contributed by atoms with E-state index in [1.807, 2.05) is 54.8 Å². The lowest BCUT2D eigenvalue weighted by molar-refractivity contribution is -0.132. The van der Waals surface area contributed by atoms with Crippen LogP contribution in [-0.2, 0) is 27.9 Å². The second kappa shape index (κ2) is 11.2. The van der Waals surface area contributed by atoms with E-state index in [4.69, 9.17) is 0 Å². The molecule has 3 rings (SSSR count). The van der Waals surface area contributed by atoms with Gasteiger partial charge in [0.05, 0.1) is 18.0 Å². The minimum Gasteiger partial charge on any atom is -0.332 e. The highest BCUT2D eigenvalue weighted by Gasteiger charge is 2.28. The van der Waals surface area contributed by atoms with E-state index in [2.05, 4.69) is 0 Å². The summed E-state index contributed by atoms with van der Waals surface area (Å²) in [5.74, 6) is -0.201. The fourth-order valence-electron chi connectivity index (χ4n) is 3.24. The lowest BCUT2D eigenvalue weighted by atomic mass is 10.2. The Bertz CT molecular complexity index is 1040. The number of carbonyl (C=O) groups excluding carboxylic acids is 1. The summed E-state index contributed by atoms with van der Waals surface area (Å²) in [5.41, 5.74) is 1.01. The van der Waals surface area contributed by atoms with Gasteiger partial charge in [0.2, 0.25) is 15.9 Å². The third-order valence-electron chi connectivity index (χ3n) is 4.95. The van der Waals surface area contributed by atoms with Gasteiger partial charge in [-0.3, -0.25) is 4.79 Å². The van der Waals surface area contributed by atoms with Crippen molar-refractivity contribution in [2.75, 3.05) is 13.1 Å². The van der Waals surface area contributed by atoms with E-state index >= 15 is 0 Å². The fraction of sp³-hybridized carbons (Fsp3) is 0.292. The molecule has 5 nitrogen and oxygen atoms in total. The highest BCUT2D eigenvalue weighted by atomic mass is 32.2. The third-order valence-corrected chi connectivity index (χ3v) is 7.67. The van der Waals surface area contributed by atoms with Crippen molar-refractivity contribution in [2.24, 2.45) is 0 Å². The first-order chi connectivity index (χ1) is 15.0. The summed E-state index contributed by atoms with van der Waals surface area (Å²) in [7, 11) is -3.75. The van der Waals surface area contributed by atoms with E-state index in [0.717, 1.165) is 16.9 Å². The lowest BCUT2D eigenvalue weighted by Gasteiger charge is -2.27. The van der Waals surface area contributed by atoms with Gasteiger partial charge >= 0.3 is 0 Å². The van der Waals surface area contributed by atoms with Crippen LogP contribution in [0.3, 0.4) is 0 Å². The van der Waals surface area contributed by atoms with Crippen LogP contribution >= 0.6 is 11.3 Å². The molecule has 0 N–H and O–H groups in total. The summed E-state index contributed by atoms with van der Waals surface area (Å²) >= 11 is 1.59. The average Bonchev–Trinajstić information content (AvgIpc) is 3.30. The monoisotopic (exact) mass is 456 g/mol. The van der Waals surface area contributed by atoms with E-state index in [-0.39, 0.29) is 17.3 Å². The second-order valence-corrected chi connectivity index (χ2v) is 10.3. The molecule has 164 valence electrons. The Balaban J connectivity index is 1.83. The van der Waals surface area contributed by atoms with Crippen molar-refractivity contribution < 1.29 is 13.2 Å². The Kier molecular flexibility index (Phi) is 8.40. The maximum atomic E-state index is 13.3. The molecule has 0 radical (unpaired) electrons. The van der Waals surface area contributed by atoms with Crippen molar-refractivity contribution in [3.63, 3.8) is 0 Å². The Labute approximate surface area is 189 Å². The molecule has 2 aromatic carbocycles. The van der Waals surface area contributed by atoms with Crippen molar-refractivity contribution in [1.82, 2.24) is 9.21 Å². The molecular formula is C24H28N2O3S2. The molecular weight excluding hydrogens is 428 g/mol. The molecule has 3 aromatic rings. The van der Waals surface area contributed by atoms with Crippen LogP contribution in [0.15, 0.2) is 83.1 Å². The number of carbonyl (C=O) groups is 1. The van der Waals surface area contributed by atoms with Gasteiger partial charge in [0.1, 0.15) is 0 Å². The number of nitrogens with zero attached hydrogens (tertiary/aromatic N) is 2. The second-order valence-electron chi connectivity index (χ2n) is 7.32. The fourth-order valence-corrected chi connectivity index (χ4v) is 5.41. The molecule has 0 spiro atoms. The molecule has 0 aliphatic rings. The molecule has 0 aliphatic heterocycles. The lowest BCUT2D eigenvalue weighted by Crippen LogP contribution is -2.42. The molecule has 0 saturated carbocycles. The predicted molar refractivity (Wildman–Crippen MR) is 125 cm³/mol. The zero-order chi connectivity index (χ0) is 22.1. The zero-order valence-electron chi connectivity index (χ0n) is 17.7. The van der Waals surface area contributed by atoms with Crippen molar-refractivity contribution in [3.8, 4) is 0 Å². The number of unbranched alkanes of at least 4 members (excludes halogenated alkanes) is 1. The molecule has 0 atom stereocenters. The maximum absolute atomic E-state index is 13.3. The summed E-state index contributed by atoms with van der Waals surface area (Å²) in [4.78, 5) is 16.4. The molecule has 0 unspecified atom stereocenters. The minimum absolute atomic E-state index is 0.171. The van der Waals surface area contributed by atoms with Gasteiger partial charge in [-0.05, 0) is 35.6 Å². The number of hydrogen-bond acceptors (Lipinski definition) is 4. The van der Waals surface area contributed by atoms with E-state index in [1.54, 1.807) is 46.6 Å². The van der Waals surface area contributed by atoms with E-state index in [9.17, 15) is 13.2 Å². The van der Waals surface area contributed by atoms with Crippen LogP contribution in [0.5, 0.6) is 0 Å². The molecule has 31 heavy (non-hydrogen) atoms. The van der Waals surface area contributed by atoms with Gasteiger partial charge in [0.15, 0.2) is 0 Å². The maximum Gasteiger partial charge on any atom is 0.243 e. The van der Waals surface area contributed by atoms with Gasteiger partial charge in [0.25, 0.3) is 0 Å². The first-order valence-electron chi connectivity index (χ1n) is 10.4. The molecule has 0 fully saturated rings. The van der Waals surface area contributed by atoms with Crippen molar-refractivity contribution >= 4 is 27.3 Å². The SMILES string of the molecule is CCCCN(CC(=O)N(Cc1ccccc1)Cc1cccs1)S(=O)(=O)c1ccccc1. The van der Waals surface area contributed by atoms with Gasteiger partial charge in [-0.15, -0.1) is 11.3 Å². The van der Waals surface area contributed by atoms with Crippen LogP contribution in [-0.4, -0.2) is 36.6 Å². The molecule has 1 aromatic heterocycles. The Hall–Kier alpha value is -2.48. The third kappa shape index (κ3) is 6.50. The van der Waals surface area contributed by atoms with Gasteiger partial charge in [-0.2, -0.15) is 4.31 Å². The Morgan fingerprint density at radius 1 is 0.903 bits per heavy atom. The van der Waals surface area contributed by atoms with Crippen molar-refractivity contribution in [1.29, 1.82) is 0 Å². The van der Waals surface area contributed by atoms with E-state index < -0.39 is 10.0 Å². The quantitative estimate of drug-likeness (QED) is 0.418. The zero-order valence-corrected chi connectivity index (χ0v) is 19.3. The number of thiophene rings is 1. The van der Waals surface area contributed by atoms with Gasteiger partial charge in [-0.25, -0.2) is 8.42 Å². The molecule has 1 heterocycles. The highest BCUT2D eigenvalue weighted by Crippen LogP contribution is 2.19. The summed E-state index contributed by atoms with van der Waals surface area (Å²) in [5, 5.41) is 1.98. The number of benzene rings is 2. The molecule has 7 heteroatoms. The smallest absolute Gasteiger partial charge is 0.243 e. The summed E-state index contributed by atoms with van der Waals surface area (Å²) in [6.07, 6.45) is 1.54. The van der Waals surface area contributed by atoms with Crippen molar-refractivity contribution in [3.05, 3.63) is 88.6 Å². The van der Waals surface area contributed by atoms with Crippen LogP contribution in [0.2, 0.25) is 0 Å². The Morgan fingerprint density at radius 3 is 2.19 bits per heavy atom. The van der Waals surface area contributed by atoms with Gasteiger partial charge < -0.3 is 4.90 Å². The summed E-state index contributed by atoms with van der Waals surface area (Å²) in [6, 6.07) is 22.1. The van der Waals surface area contributed by atoms with E-state index in [0.29, 0.717) is 26.1 Å². The molecule has 1 amide bonds.